The predicted molar refractivity (Wildman–Crippen MR) is 93.1 cm³/mol. The first-order valence-corrected chi connectivity index (χ1v) is 8.91. The Morgan fingerprint density at radius 3 is 2.68 bits per heavy atom. The van der Waals surface area contributed by atoms with Gasteiger partial charge in [0, 0.05) is 17.8 Å². The van der Waals surface area contributed by atoms with Crippen LogP contribution in [0.5, 0.6) is 0 Å². The molecule has 6 nitrogen and oxygen atoms in total. The smallest absolute Gasteiger partial charge is 0.412 e. The highest BCUT2D eigenvalue weighted by Crippen LogP contribution is 2.32. The molecule has 2 fully saturated rings. The van der Waals surface area contributed by atoms with Gasteiger partial charge in [-0.2, -0.15) is 0 Å². The standard InChI is InChI=1S/C19H23N3O3/c23-19(24-11-18-10-20-12-25-18)22-15-3-1-13(2-4-15)7-14-8-16-5-6-17(9-14)21-16/h1-4,10,12,14,16-17,21H,5-9,11H2,(H,22,23). The molecular weight excluding hydrogens is 318 g/mol. The van der Waals surface area contributed by atoms with Gasteiger partial charge in [0.1, 0.15) is 0 Å². The van der Waals surface area contributed by atoms with Gasteiger partial charge in [0.2, 0.25) is 0 Å². The molecule has 132 valence electrons. The van der Waals surface area contributed by atoms with Crippen LogP contribution in [0.25, 0.3) is 0 Å². The topological polar surface area (TPSA) is 76.4 Å². The van der Waals surface area contributed by atoms with Crippen LogP contribution in [0.2, 0.25) is 0 Å². The second-order valence-electron chi connectivity index (χ2n) is 7.05. The molecule has 2 saturated heterocycles. The van der Waals surface area contributed by atoms with Crippen LogP contribution in [0.3, 0.4) is 0 Å². The fourth-order valence-corrected chi connectivity index (χ4v) is 4.00. The molecule has 2 bridgehead atoms. The second-order valence-corrected chi connectivity index (χ2v) is 7.05. The summed E-state index contributed by atoms with van der Waals surface area (Å²) in [6, 6.07) is 9.50. The molecule has 0 radical (unpaired) electrons. The van der Waals surface area contributed by atoms with Gasteiger partial charge in [-0.15, -0.1) is 0 Å². The maximum Gasteiger partial charge on any atom is 0.412 e. The number of ether oxygens (including phenoxy) is 1. The Hall–Kier alpha value is -2.34. The summed E-state index contributed by atoms with van der Waals surface area (Å²) < 4.78 is 10.1. The zero-order valence-corrected chi connectivity index (χ0v) is 14.1. The molecule has 4 rings (SSSR count). The molecule has 1 amide bonds. The van der Waals surface area contributed by atoms with Crippen LogP contribution in [0, 0.1) is 5.92 Å². The molecular formula is C19H23N3O3. The highest BCUT2D eigenvalue weighted by molar-refractivity contribution is 5.84. The van der Waals surface area contributed by atoms with Crippen LogP contribution in [0.15, 0.2) is 41.3 Å². The minimum atomic E-state index is -0.501. The maximum absolute atomic E-state index is 11.8. The van der Waals surface area contributed by atoms with Gasteiger partial charge in [0.15, 0.2) is 18.8 Å². The van der Waals surface area contributed by atoms with Crippen LogP contribution >= 0.6 is 0 Å². The number of nitrogens with one attached hydrogen (secondary N) is 2. The number of carbonyl (C=O) groups excluding carboxylic acids is 1. The number of nitrogens with zero attached hydrogens (tertiary/aromatic N) is 1. The van der Waals surface area contributed by atoms with Gasteiger partial charge >= 0.3 is 6.09 Å². The Morgan fingerprint density at radius 2 is 2.00 bits per heavy atom. The number of anilines is 1. The summed E-state index contributed by atoms with van der Waals surface area (Å²) in [6.45, 7) is 0.0714. The zero-order valence-electron chi connectivity index (χ0n) is 14.1. The van der Waals surface area contributed by atoms with Crippen LogP contribution in [-0.4, -0.2) is 23.2 Å². The minimum absolute atomic E-state index is 0.0714. The molecule has 25 heavy (non-hydrogen) atoms. The molecule has 2 unspecified atom stereocenters. The molecule has 3 heterocycles. The van der Waals surface area contributed by atoms with Crippen molar-refractivity contribution in [1.82, 2.24) is 10.3 Å². The molecule has 2 aliphatic rings. The summed E-state index contributed by atoms with van der Waals surface area (Å²) in [5.41, 5.74) is 2.06. The number of oxazole rings is 1. The third-order valence-corrected chi connectivity index (χ3v) is 5.12. The first kappa shape index (κ1) is 16.1. The van der Waals surface area contributed by atoms with E-state index in [4.69, 9.17) is 9.15 Å². The fourth-order valence-electron chi connectivity index (χ4n) is 4.00. The van der Waals surface area contributed by atoms with Crippen LogP contribution in [0.1, 0.15) is 37.0 Å². The van der Waals surface area contributed by atoms with Crippen molar-refractivity contribution in [2.45, 2.75) is 50.8 Å². The molecule has 1 aromatic heterocycles. The molecule has 6 heteroatoms. The van der Waals surface area contributed by atoms with E-state index in [0.29, 0.717) is 5.76 Å². The largest absolute Gasteiger partial charge is 0.445 e. The van der Waals surface area contributed by atoms with Gasteiger partial charge in [-0.1, -0.05) is 12.1 Å². The van der Waals surface area contributed by atoms with Crippen LogP contribution < -0.4 is 10.6 Å². The summed E-state index contributed by atoms with van der Waals surface area (Å²) >= 11 is 0. The van der Waals surface area contributed by atoms with Crippen molar-refractivity contribution in [1.29, 1.82) is 0 Å². The number of amides is 1. The van der Waals surface area contributed by atoms with Crippen LogP contribution in [0.4, 0.5) is 10.5 Å². The Labute approximate surface area is 147 Å². The van der Waals surface area contributed by atoms with E-state index in [-0.39, 0.29) is 6.61 Å². The highest BCUT2D eigenvalue weighted by atomic mass is 16.6. The molecule has 2 aliphatic heterocycles. The molecule has 0 spiro atoms. The number of hydrogen-bond donors (Lipinski definition) is 2. The normalized spacial score (nSPS) is 24.9. The average molecular weight is 341 g/mol. The van der Waals surface area contributed by atoms with E-state index in [1.54, 1.807) is 0 Å². The number of rotatable bonds is 5. The van der Waals surface area contributed by atoms with E-state index >= 15 is 0 Å². The van der Waals surface area contributed by atoms with Crippen molar-refractivity contribution in [2.75, 3.05) is 5.32 Å². The number of aromatic nitrogens is 1. The highest BCUT2D eigenvalue weighted by Gasteiger charge is 2.33. The van der Waals surface area contributed by atoms with Gasteiger partial charge in [0.25, 0.3) is 0 Å². The quantitative estimate of drug-likeness (QED) is 0.870. The Morgan fingerprint density at radius 1 is 1.24 bits per heavy atom. The molecule has 2 N–H and O–H groups in total. The van der Waals surface area contributed by atoms with E-state index < -0.39 is 6.09 Å². The fraction of sp³-hybridized carbons (Fsp3) is 0.474. The summed E-state index contributed by atoms with van der Waals surface area (Å²) in [7, 11) is 0. The van der Waals surface area contributed by atoms with E-state index in [2.05, 4.69) is 27.8 Å². The van der Waals surface area contributed by atoms with Gasteiger partial charge in [-0.3, -0.25) is 5.32 Å². The SMILES string of the molecule is O=C(Nc1ccc(CC2CC3CCC(C2)N3)cc1)OCc1cnco1. The average Bonchev–Trinajstić information content (AvgIpc) is 3.24. The van der Waals surface area contributed by atoms with Crippen molar-refractivity contribution in [3.8, 4) is 0 Å². The number of carbonyl (C=O) groups is 1. The number of hydrogen-bond acceptors (Lipinski definition) is 5. The number of benzene rings is 1. The lowest BCUT2D eigenvalue weighted by Gasteiger charge is -2.29. The van der Waals surface area contributed by atoms with Crippen molar-refractivity contribution in [3.63, 3.8) is 0 Å². The number of piperidine rings is 1. The van der Waals surface area contributed by atoms with E-state index in [1.165, 1.54) is 43.8 Å². The molecule has 0 saturated carbocycles. The first-order chi connectivity index (χ1) is 12.2. The van der Waals surface area contributed by atoms with Crippen molar-refractivity contribution < 1.29 is 13.9 Å². The lowest BCUT2D eigenvalue weighted by molar-refractivity contribution is 0.146. The van der Waals surface area contributed by atoms with Gasteiger partial charge < -0.3 is 14.5 Å². The predicted octanol–water partition coefficient (Wildman–Crippen LogP) is 3.50. The summed E-state index contributed by atoms with van der Waals surface area (Å²) in [5.74, 6) is 1.28. The lowest BCUT2D eigenvalue weighted by atomic mass is 9.87. The third kappa shape index (κ3) is 4.20. The van der Waals surface area contributed by atoms with Gasteiger partial charge in [-0.25, -0.2) is 9.78 Å². The zero-order chi connectivity index (χ0) is 17.1. The van der Waals surface area contributed by atoms with E-state index in [0.717, 1.165) is 30.1 Å². The second kappa shape index (κ2) is 7.27. The van der Waals surface area contributed by atoms with Gasteiger partial charge in [-0.05, 0) is 55.7 Å². The molecule has 0 aliphatic carbocycles. The molecule has 2 atom stereocenters. The lowest BCUT2D eigenvalue weighted by Crippen LogP contribution is -2.38. The van der Waals surface area contributed by atoms with Gasteiger partial charge in [0.05, 0.1) is 6.20 Å². The first-order valence-electron chi connectivity index (χ1n) is 8.91. The van der Waals surface area contributed by atoms with Crippen LogP contribution in [-0.2, 0) is 17.8 Å². The third-order valence-electron chi connectivity index (χ3n) is 5.12. The Kier molecular flexibility index (Phi) is 4.70. The monoisotopic (exact) mass is 341 g/mol. The Bertz CT molecular complexity index is 687. The minimum Gasteiger partial charge on any atom is -0.445 e. The number of fused-ring (bicyclic) bond motifs is 2. The summed E-state index contributed by atoms with van der Waals surface area (Å²) in [4.78, 5) is 15.6. The summed E-state index contributed by atoms with van der Waals surface area (Å²) in [6.07, 6.45) is 8.68. The van der Waals surface area contributed by atoms with Crippen molar-refractivity contribution in [2.24, 2.45) is 5.92 Å². The van der Waals surface area contributed by atoms with Crippen molar-refractivity contribution >= 4 is 11.8 Å². The Balaban J connectivity index is 1.26. The van der Waals surface area contributed by atoms with E-state index in [1.807, 2.05) is 12.1 Å². The molecule has 2 aromatic rings. The molecule has 1 aromatic carbocycles. The maximum atomic E-state index is 11.8. The summed E-state index contributed by atoms with van der Waals surface area (Å²) in [5, 5.41) is 6.41. The van der Waals surface area contributed by atoms with Crippen molar-refractivity contribution in [3.05, 3.63) is 48.2 Å². The van der Waals surface area contributed by atoms with E-state index in [9.17, 15) is 4.79 Å².